The number of nitro groups is 1. The summed E-state index contributed by atoms with van der Waals surface area (Å²) in [5.41, 5.74) is -0.0725. The van der Waals surface area contributed by atoms with Gasteiger partial charge in [-0.2, -0.15) is 4.68 Å². The van der Waals surface area contributed by atoms with Crippen molar-refractivity contribution in [1.29, 1.82) is 0 Å². The lowest BCUT2D eigenvalue weighted by molar-refractivity contribution is -0.385. The van der Waals surface area contributed by atoms with Crippen LogP contribution in [-0.2, 0) is 6.54 Å². The van der Waals surface area contributed by atoms with Crippen LogP contribution in [-0.4, -0.2) is 67.0 Å². The van der Waals surface area contributed by atoms with Crippen molar-refractivity contribution in [2.75, 3.05) is 26.2 Å². The van der Waals surface area contributed by atoms with Gasteiger partial charge in [0.05, 0.1) is 17.2 Å². The van der Waals surface area contributed by atoms with Crippen LogP contribution in [0.3, 0.4) is 0 Å². The number of carbonyl (C=O) groups excluding carboxylic acids is 1. The van der Waals surface area contributed by atoms with E-state index in [4.69, 9.17) is 11.6 Å². The zero-order valence-corrected chi connectivity index (χ0v) is 17.2. The van der Waals surface area contributed by atoms with Crippen molar-refractivity contribution in [2.45, 2.75) is 6.54 Å². The first-order chi connectivity index (χ1) is 15.3. The third-order valence-corrected chi connectivity index (χ3v) is 5.33. The van der Waals surface area contributed by atoms with E-state index < -0.39 is 22.5 Å². The minimum atomic E-state index is -1.01. The number of tetrazole rings is 1. The van der Waals surface area contributed by atoms with Crippen molar-refractivity contribution in [3.8, 4) is 5.69 Å². The Labute approximate surface area is 185 Å². The SMILES string of the molecule is O=C(c1cc(Cl)ccc1[N+](=O)[O-])N1CCN(Cc2nnnn2-c2ccc(F)c(F)c2)CC1. The van der Waals surface area contributed by atoms with E-state index in [-0.39, 0.29) is 22.0 Å². The zero-order valence-electron chi connectivity index (χ0n) is 16.5. The summed E-state index contributed by atoms with van der Waals surface area (Å²) in [4.78, 5) is 27.0. The summed E-state index contributed by atoms with van der Waals surface area (Å²) >= 11 is 5.92. The number of carbonyl (C=O) groups is 1. The van der Waals surface area contributed by atoms with Gasteiger partial charge in [-0.15, -0.1) is 5.10 Å². The van der Waals surface area contributed by atoms with Crippen LogP contribution in [0, 0.1) is 21.7 Å². The molecular formula is C19H16ClF2N7O3. The second-order valence-electron chi connectivity index (χ2n) is 7.09. The van der Waals surface area contributed by atoms with E-state index in [9.17, 15) is 23.7 Å². The molecule has 32 heavy (non-hydrogen) atoms. The summed E-state index contributed by atoms with van der Waals surface area (Å²) < 4.78 is 28.1. The molecule has 4 rings (SSSR count). The van der Waals surface area contributed by atoms with Gasteiger partial charge in [-0.05, 0) is 34.7 Å². The van der Waals surface area contributed by atoms with E-state index in [1.807, 2.05) is 4.90 Å². The number of halogens is 3. The highest BCUT2D eigenvalue weighted by molar-refractivity contribution is 6.31. The Bertz CT molecular complexity index is 1180. The minimum absolute atomic E-state index is 0.0572. The van der Waals surface area contributed by atoms with Crippen LogP contribution in [0.1, 0.15) is 16.2 Å². The molecule has 0 N–H and O–H groups in total. The zero-order chi connectivity index (χ0) is 22.8. The Kier molecular flexibility index (Phi) is 6.06. The molecule has 166 valence electrons. The van der Waals surface area contributed by atoms with Gasteiger partial charge in [0.1, 0.15) is 5.56 Å². The molecule has 13 heteroatoms. The largest absolute Gasteiger partial charge is 0.336 e. The van der Waals surface area contributed by atoms with Crippen LogP contribution in [0.25, 0.3) is 5.69 Å². The number of hydrogen-bond acceptors (Lipinski definition) is 7. The third-order valence-electron chi connectivity index (χ3n) is 5.09. The molecule has 2 aromatic carbocycles. The molecule has 0 unspecified atom stereocenters. The molecule has 1 saturated heterocycles. The number of aromatic nitrogens is 4. The fraction of sp³-hybridized carbons (Fsp3) is 0.263. The van der Waals surface area contributed by atoms with Crippen molar-refractivity contribution in [3.05, 3.63) is 74.6 Å². The quantitative estimate of drug-likeness (QED) is 0.422. The van der Waals surface area contributed by atoms with Crippen molar-refractivity contribution < 1.29 is 18.5 Å². The highest BCUT2D eigenvalue weighted by Gasteiger charge is 2.28. The van der Waals surface area contributed by atoms with Gasteiger partial charge in [-0.25, -0.2) is 8.78 Å². The fourth-order valence-corrected chi connectivity index (χ4v) is 3.61. The Morgan fingerprint density at radius 3 is 2.53 bits per heavy atom. The third kappa shape index (κ3) is 4.41. The van der Waals surface area contributed by atoms with Crippen molar-refractivity contribution >= 4 is 23.2 Å². The molecular weight excluding hydrogens is 448 g/mol. The van der Waals surface area contributed by atoms with E-state index in [0.717, 1.165) is 12.1 Å². The lowest BCUT2D eigenvalue weighted by atomic mass is 10.1. The molecule has 3 aromatic rings. The van der Waals surface area contributed by atoms with Crippen LogP contribution in [0.2, 0.25) is 5.02 Å². The Morgan fingerprint density at radius 2 is 1.84 bits per heavy atom. The molecule has 0 bridgehead atoms. The van der Waals surface area contributed by atoms with Crippen molar-refractivity contribution in [1.82, 2.24) is 30.0 Å². The molecule has 1 fully saturated rings. The van der Waals surface area contributed by atoms with Crippen LogP contribution in [0.15, 0.2) is 36.4 Å². The second-order valence-corrected chi connectivity index (χ2v) is 7.53. The molecule has 1 amide bonds. The molecule has 0 radical (unpaired) electrons. The van der Waals surface area contributed by atoms with Gasteiger partial charge in [0.25, 0.3) is 11.6 Å². The van der Waals surface area contributed by atoms with Gasteiger partial charge in [0.15, 0.2) is 17.5 Å². The normalized spacial score (nSPS) is 14.5. The highest BCUT2D eigenvalue weighted by atomic mass is 35.5. The van der Waals surface area contributed by atoms with Crippen LogP contribution >= 0.6 is 11.6 Å². The lowest BCUT2D eigenvalue weighted by Crippen LogP contribution is -2.48. The summed E-state index contributed by atoms with van der Waals surface area (Å²) in [6.45, 7) is 1.89. The summed E-state index contributed by atoms with van der Waals surface area (Å²) in [5, 5.41) is 22.9. The maximum absolute atomic E-state index is 13.6. The maximum Gasteiger partial charge on any atom is 0.282 e. The molecule has 1 aliphatic rings. The topological polar surface area (TPSA) is 110 Å². The van der Waals surface area contributed by atoms with Gasteiger partial charge in [0, 0.05) is 43.3 Å². The molecule has 2 heterocycles. The molecule has 0 saturated carbocycles. The lowest BCUT2D eigenvalue weighted by Gasteiger charge is -2.34. The van der Waals surface area contributed by atoms with E-state index in [1.165, 1.54) is 33.8 Å². The van der Waals surface area contributed by atoms with Crippen molar-refractivity contribution in [3.63, 3.8) is 0 Å². The standard InChI is InChI=1S/C19H16ClF2N7O3/c20-12-1-4-17(29(31)32)14(9-12)19(30)27-7-5-26(6-8-27)11-18-23-24-25-28(18)13-2-3-15(21)16(22)10-13/h1-4,9-10H,5-8,11H2. The first kappa shape index (κ1) is 21.7. The van der Waals surface area contributed by atoms with E-state index >= 15 is 0 Å². The first-order valence-electron chi connectivity index (χ1n) is 9.52. The van der Waals surface area contributed by atoms with E-state index in [2.05, 4.69) is 15.5 Å². The number of hydrogen-bond donors (Lipinski definition) is 0. The van der Waals surface area contributed by atoms with Gasteiger partial charge < -0.3 is 4.90 Å². The second kappa shape index (κ2) is 8.93. The molecule has 1 aromatic heterocycles. The van der Waals surface area contributed by atoms with Gasteiger partial charge in [0.2, 0.25) is 0 Å². The monoisotopic (exact) mass is 463 g/mol. The van der Waals surface area contributed by atoms with E-state index in [0.29, 0.717) is 38.5 Å². The summed E-state index contributed by atoms with van der Waals surface area (Å²) in [6, 6.07) is 7.24. The number of benzene rings is 2. The number of rotatable bonds is 5. The smallest absolute Gasteiger partial charge is 0.282 e. The predicted molar refractivity (Wildman–Crippen MR) is 108 cm³/mol. The average molecular weight is 464 g/mol. The van der Waals surface area contributed by atoms with E-state index in [1.54, 1.807) is 0 Å². The predicted octanol–water partition coefficient (Wildman–Crippen LogP) is 2.46. The summed E-state index contributed by atoms with van der Waals surface area (Å²) in [5.74, 6) is -2.03. The molecule has 0 aliphatic carbocycles. The first-order valence-corrected chi connectivity index (χ1v) is 9.89. The van der Waals surface area contributed by atoms with Gasteiger partial charge in [-0.1, -0.05) is 11.6 Å². The van der Waals surface area contributed by atoms with Crippen LogP contribution in [0.4, 0.5) is 14.5 Å². The minimum Gasteiger partial charge on any atom is -0.336 e. The van der Waals surface area contributed by atoms with Crippen LogP contribution in [0.5, 0.6) is 0 Å². The summed E-state index contributed by atoms with van der Waals surface area (Å²) in [6.07, 6.45) is 0. The summed E-state index contributed by atoms with van der Waals surface area (Å²) in [7, 11) is 0. The Morgan fingerprint density at radius 1 is 1.09 bits per heavy atom. The van der Waals surface area contributed by atoms with Crippen molar-refractivity contribution in [2.24, 2.45) is 0 Å². The maximum atomic E-state index is 13.6. The average Bonchev–Trinajstić information content (AvgIpc) is 3.23. The molecule has 10 nitrogen and oxygen atoms in total. The van der Waals surface area contributed by atoms with Gasteiger partial charge in [-0.3, -0.25) is 19.8 Å². The molecule has 0 spiro atoms. The number of amides is 1. The Balaban J connectivity index is 1.43. The number of nitrogens with zero attached hydrogens (tertiary/aromatic N) is 7. The number of piperazine rings is 1. The highest BCUT2D eigenvalue weighted by Crippen LogP contribution is 2.25. The molecule has 1 aliphatic heterocycles. The number of nitro benzene ring substituents is 1. The fourth-order valence-electron chi connectivity index (χ4n) is 3.44. The molecule has 0 atom stereocenters. The van der Waals surface area contributed by atoms with Gasteiger partial charge >= 0.3 is 0 Å². The Hall–Kier alpha value is -3.51. The van der Waals surface area contributed by atoms with Crippen LogP contribution < -0.4 is 0 Å².